The van der Waals surface area contributed by atoms with Crippen LogP contribution in [0.1, 0.15) is 37.9 Å². The Morgan fingerprint density at radius 3 is 2.62 bits per heavy atom. The number of aliphatic hydroxyl groups excluding tert-OH is 1. The van der Waals surface area contributed by atoms with E-state index >= 15 is 0 Å². The highest BCUT2D eigenvalue weighted by molar-refractivity contribution is 5.17. The van der Waals surface area contributed by atoms with Crippen LogP contribution in [0.3, 0.4) is 0 Å². The van der Waals surface area contributed by atoms with Crippen molar-refractivity contribution in [2.24, 2.45) is 5.92 Å². The lowest BCUT2D eigenvalue weighted by Gasteiger charge is -2.38. The molecular formula is C20H32N2O2. The Kier molecular flexibility index (Phi) is 6.67. The summed E-state index contributed by atoms with van der Waals surface area (Å²) in [6, 6.07) is 10.3. The van der Waals surface area contributed by atoms with Crippen LogP contribution in [0.5, 0.6) is 0 Å². The summed E-state index contributed by atoms with van der Waals surface area (Å²) in [5.41, 5.74) is 1.01. The summed E-state index contributed by atoms with van der Waals surface area (Å²) in [5, 5.41) is 10.5. The van der Waals surface area contributed by atoms with Gasteiger partial charge in [-0.15, -0.1) is 0 Å². The molecule has 0 amide bonds. The highest BCUT2D eigenvalue weighted by Gasteiger charge is 2.26. The van der Waals surface area contributed by atoms with Gasteiger partial charge in [0, 0.05) is 25.7 Å². The van der Waals surface area contributed by atoms with Crippen molar-refractivity contribution in [1.82, 2.24) is 9.80 Å². The topological polar surface area (TPSA) is 35.9 Å². The van der Waals surface area contributed by atoms with Gasteiger partial charge in [0.15, 0.2) is 0 Å². The summed E-state index contributed by atoms with van der Waals surface area (Å²) in [5.74, 6) is 0.887. The second-order valence-electron chi connectivity index (χ2n) is 7.45. The van der Waals surface area contributed by atoms with Gasteiger partial charge in [-0.3, -0.25) is 4.90 Å². The molecule has 4 nitrogen and oxygen atoms in total. The summed E-state index contributed by atoms with van der Waals surface area (Å²) in [4.78, 5) is 5.12. The van der Waals surface area contributed by atoms with Crippen molar-refractivity contribution in [2.75, 3.05) is 45.9 Å². The van der Waals surface area contributed by atoms with Gasteiger partial charge < -0.3 is 14.7 Å². The fourth-order valence-electron chi connectivity index (χ4n) is 3.83. The van der Waals surface area contributed by atoms with Gasteiger partial charge in [-0.25, -0.2) is 0 Å². The maximum atomic E-state index is 10.5. The molecular weight excluding hydrogens is 300 g/mol. The van der Waals surface area contributed by atoms with Gasteiger partial charge in [-0.1, -0.05) is 37.3 Å². The lowest BCUT2D eigenvalue weighted by Crippen LogP contribution is -2.49. The molecule has 2 heterocycles. The zero-order valence-electron chi connectivity index (χ0n) is 14.9. The molecule has 1 aromatic carbocycles. The third-order valence-corrected chi connectivity index (χ3v) is 5.61. The molecule has 2 aliphatic rings. The summed E-state index contributed by atoms with van der Waals surface area (Å²) < 4.78 is 5.69. The van der Waals surface area contributed by atoms with E-state index in [2.05, 4.69) is 16.7 Å². The van der Waals surface area contributed by atoms with Gasteiger partial charge in [0.25, 0.3) is 0 Å². The quantitative estimate of drug-likeness (QED) is 0.868. The highest BCUT2D eigenvalue weighted by atomic mass is 16.5. The summed E-state index contributed by atoms with van der Waals surface area (Å²) in [7, 11) is 0. The first kappa shape index (κ1) is 17.9. The smallest absolute Gasteiger partial charge is 0.0805 e. The first-order valence-electron chi connectivity index (χ1n) is 9.49. The van der Waals surface area contributed by atoms with Gasteiger partial charge in [0.2, 0.25) is 0 Å². The Balaban J connectivity index is 1.49. The van der Waals surface area contributed by atoms with Gasteiger partial charge in [0.05, 0.1) is 19.3 Å². The Bertz CT molecular complexity index is 474. The van der Waals surface area contributed by atoms with Crippen molar-refractivity contribution in [3.8, 4) is 0 Å². The summed E-state index contributed by atoms with van der Waals surface area (Å²) in [6.45, 7) is 9.60. The van der Waals surface area contributed by atoms with Crippen LogP contribution in [0.25, 0.3) is 0 Å². The van der Waals surface area contributed by atoms with E-state index in [1.807, 2.05) is 30.3 Å². The number of aliphatic hydroxyl groups is 1. The lowest BCUT2D eigenvalue weighted by molar-refractivity contribution is -0.0298. The van der Waals surface area contributed by atoms with Gasteiger partial charge in [-0.05, 0) is 43.8 Å². The van der Waals surface area contributed by atoms with Crippen molar-refractivity contribution in [1.29, 1.82) is 0 Å². The van der Waals surface area contributed by atoms with E-state index in [0.717, 1.165) is 50.8 Å². The number of hydrogen-bond acceptors (Lipinski definition) is 4. The van der Waals surface area contributed by atoms with Crippen molar-refractivity contribution >= 4 is 0 Å². The molecule has 0 saturated carbocycles. The number of ether oxygens (including phenoxy) is 1. The van der Waals surface area contributed by atoms with E-state index in [4.69, 9.17) is 4.74 Å². The minimum atomic E-state index is -0.406. The normalized spacial score (nSPS) is 25.7. The van der Waals surface area contributed by atoms with Gasteiger partial charge >= 0.3 is 0 Å². The molecule has 0 spiro atoms. The van der Waals surface area contributed by atoms with E-state index in [9.17, 15) is 5.11 Å². The first-order chi connectivity index (χ1) is 11.7. The average Bonchev–Trinajstić information content (AvgIpc) is 2.63. The third-order valence-electron chi connectivity index (χ3n) is 5.61. The third kappa shape index (κ3) is 5.03. The Morgan fingerprint density at radius 2 is 1.88 bits per heavy atom. The number of piperidine rings is 1. The molecule has 0 aliphatic carbocycles. The van der Waals surface area contributed by atoms with Crippen LogP contribution < -0.4 is 0 Å². The van der Waals surface area contributed by atoms with Crippen molar-refractivity contribution < 1.29 is 9.84 Å². The predicted molar refractivity (Wildman–Crippen MR) is 97.0 cm³/mol. The molecule has 0 aromatic heterocycles. The number of likely N-dealkylation sites (tertiary alicyclic amines) is 1. The van der Waals surface area contributed by atoms with E-state index < -0.39 is 6.10 Å². The number of morpholine rings is 1. The van der Waals surface area contributed by atoms with Crippen LogP contribution in [0.2, 0.25) is 0 Å². The maximum absolute atomic E-state index is 10.5. The molecule has 2 fully saturated rings. The molecule has 4 heteroatoms. The fraction of sp³-hybridized carbons (Fsp3) is 0.700. The van der Waals surface area contributed by atoms with Crippen LogP contribution in [0.15, 0.2) is 30.3 Å². The van der Waals surface area contributed by atoms with Crippen LogP contribution in [-0.2, 0) is 4.74 Å². The maximum Gasteiger partial charge on any atom is 0.0805 e. The fourth-order valence-corrected chi connectivity index (χ4v) is 3.83. The van der Waals surface area contributed by atoms with Crippen LogP contribution >= 0.6 is 0 Å². The van der Waals surface area contributed by atoms with Gasteiger partial charge in [0.1, 0.15) is 0 Å². The molecule has 2 unspecified atom stereocenters. The van der Waals surface area contributed by atoms with Crippen molar-refractivity contribution in [3.05, 3.63) is 35.9 Å². The Labute approximate surface area is 146 Å². The molecule has 3 rings (SSSR count). The minimum Gasteiger partial charge on any atom is -0.388 e. The number of nitrogens with zero attached hydrogens (tertiary/aromatic N) is 2. The Morgan fingerprint density at radius 1 is 1.12 bits per heavy atom. The molecule has 2 saturated heterocycles. The SMILES string of the molecule is CC1CCN(CCN2CCOCC2CC(O)c2ccccc2)CC1. The van der Waals surface area contributed by atoms with Crippen LogP contribution in [0.4, 0.5) is 0 Å². The molecule has 0 bridgehead atoms. The van der Waals surface area contributed by atoms with Crippen molar-refractivity contribution in [3.63, 3.8) is 0 Å². The van der Waals surface area contributed by atoms with E-state index in [-0.39, 0.29) is 0 Å². The largest absolute Gasteiger partial charge is 0.388 e. The first-order valence-corrected chi connectivity index (χ1v) is 9.49. The van der Waals surface area contributed by atoms with E-state index in [0.29, 0.717) is 6.04 Å². The predicted octanol–water partition coefficient (Wildman–Crippen LogP) is 2.54. The molecule has 1 N–H and O–H groups in total. The number of rotatable bonds is 6. The highest BCUT2D eigenvalue weighted by Crippen LogP contribution is 2.23. The molecule has 24 heavy (non-hydrogen) atoms. The zero-order chi connectivity index (χ0) is 16.8. The average molecular weight is 332 g/mol. The van der Waals surface area contributed by atoms with Gasteiger partial charge in [-0.2, -0.15) is 0 Å². The van der Waals surface area contributed by atoms with E-state index in [1.54, 1.807) is 0 Å². The summed E-state index contributed by atoms with van der Waals surface area (Å²) >= 11 is 0. The zero-order valence-corrected chi connectivity index (χ0v) is 14.9. The molecule has 1 aromatic rings. The molecule has 134 valence electrons. The molecule has 2 atom stereocenters. The molecule has 2 aliphatic heterocycles. The second-order valence-corrected chi connectivity index (χ2v) is 7.45. The second kappa shape index (κ2) is 8.95. The van der Waals surface area contributed by atoms with E-state index in [1.165, 1.54) is 25.9 Å². The summed E-state index contributed by atoms with van der Waals surface area (Å²) in [6.07, 6.45) is 3.01. The van der Waals surface area contributed by atoms with Crippen molar-refractivity contribution in [2.45, 2.75) is 38.3 Å². The standard InChI is InChI=1S/C20H32N2O2/c1-17-7-9-21(10-8-17)11-12-22-13-14-24-16-19(22)15-20(23)18-5-3-2-4-6-18/h2-6,17,19-20,23H,7-16H2,1H3. The lowest BCUT2D eigenvalue weighted by atomic mass is 9.99. The van der Waals surface area contributed by atoms with Crippen LogP contribution in [-0.4, -0.2) is 66.9 Å². The van der Waals surface area contributed by atoms with Crippen LogP contribution in [0, 0.1) is 5.92 Å². The monoisotopic (exact) mass is 332 g/mol. The molecule has 0 radical (unpaired) electrons. The minimum absolute atomic E-state index is 0.317. The Hall–Kier alpha value is -0.940. The number of benzene rings is 1. The number of hydrogen-bond donors (Lipinski definition) is 1.